The van der Waals surface area contributed by atoms with E-state index in [9.17, 15) is 17.6 Å². The van der Waals surface area contributed by atoms with Crippen molar-refractivity contribution >= 4 is 5.69 Å². The lowest BCUT2D eigenvalue weighted by atomic mass is 10.2. The number of benzene rings is 2. The van der Waals surface area contributed by atoms with Gasteiger partial charge in [0.05, 0.1) is 5.69 Å². The monoisotopic (exact) mass is 301 g/mol. The van der Waals surface area contributed by atoms with Crippen LogP contribution in [0.5, 0.6) is 11.5 Å². The molecule has 0 saturated carbocycles. The average molecular weight is 301 g/mol. The summed E-state index contributed by atoms with van der Waals surface area (Å²) in [4.78, 5) is 0. The van der Waals surface area contributed by atoms with Gasteiger partial charge in [-0.15, -0.1) is 13.2 Å². The number of rotatable bonds is 4. The Morgan fingerprint density at radius 1 is 0.952 bits per heavy atom. The van der Waals surface area contributed by atoms with Crippen LogP contribution in [-0.4, -0.2) is 6.36 Å². The molecule has 0 fully saturated rings. The molecule has 0 aliphatic rings. The zero-order valence-corrected chi connectivity index (χ0v) is 10.7. The third-order valence-electron chi connectivity index (χ3n) is 2.57. The van der Waals surface area contributed by atoms with Crippen molar-refractivity contribution in [2.24, 2.45) is 0 Å². The largest absolute Gasteiger partial charge is 0.573 e. The van der Waals surface area contributed by atoms with E-state index >= 15 is 0 Å². The maximum Gasteiger partial charge on any atom is 0.573 e. The summed E-state index contributed by atoms with van der Waals surface area (Å²) >= 11 is 0. The van der Waals surface area contributed by atoms with Crippen molar-refractivity contribution < 1.29 is 27.0 Å². The average Bonchev–Trinajstić information content (AvgIpc) is 2.40. The number of nitrogen functional groups attached to an aromatic ring is 1. The minimum Gasteiger partial charge on any atom is -0.485 e. The first-order valence-corrected chi connectivity index (χ1v) is 5.87. The molecule has 0 heterocycles. The number of nitrogens with two attached hydrogens (primary N) is 1. The van der Waals surface area contributed by atoms with Crippen molar-refractivity contribution in [1.29, 1.82) is 0 Å². The molecule has 0 saturated heterocycles. The molecule has 2 N–H and O–H groups in total. The van der Waals surface area contributed by atoms with Crippen LogP contribution in [-0.2, 0) is 6.61 Å². The van der Waals surface area contributed by atoms with Gasteiger partial charge in [-0.3, -0.25) is 0 Å². The molecule has 21 heavy (non-hydrogen) atoms. The van der Waals surface area contributed by atoms with E-state index in [1.165, 1.54) is 36.4 Å². The zero-order valence-electron chi connectivity index (χ0n) is 10.7. The Morgan fingerprint density at radius 3 is 2.29 bits per heavy atom. The Morgan fingerprint density at radius 2 is 1.62 bits per heavy atom. The minimum atomic E-state index is -4.83. The van der Waals surface area contributed by atoms with Gasteiger partial charge < -0.3 is 15.2 Å². The fraction of sp³-hybridized carbons (Fsp3) is 0.143. The summed E-state index contributed by atoms with van der Waals surface area (Å²) in [5.74, 6) is -1.29. The SMILES string of the molecule is Nc1cccc(COc2ccccc2OC(F)(F)F)c1F. The van der Waals surface area contributed by atoms with Gasteiger partial charge in [0.15, 0.2) is 17.3 Å². The van der Waals surface area contributed by atoms with Crippen molar-refractivity contribution in [3.8, 4) is 11.5 Å². The van der Waals surface area contributed by atoms with Crippen molar-refractivity contribution in [1.82, 2.24) is 0 Å². The van der Waals surface area contributed by atoms with Crippen LogP contribution in [0, 0.1) is 5.82 Å². The fourth-order valence-corrected chi connectivity index (χ4v) is 1.65. The van der Waals surface area contributed by atoms with Gasteiger partial charge in [0, 0.05) is 5.56 Å². The first kappa shape index (κ1) is 15.0. The van der Waals surface area contributed by atoms with E-state index in [0.717, 1.165) is 6.07 Å². The van der Waals surface area contributed by atoms with Gasteiger partial charge in [0.1, 0.15) is 6.61 Å². The Kier molecular flexibility index (Phi) is 4.21. The highest BCUT2D eigenvalue weighted by atomic mass is 19.4. The molecule has 3 nitrogen and oxygen atoms in total. The number of alkyl halides is 3. The Hall–Kier alpha value is -2.44. The van der Waals surface area contributed by atoms with E-state index in [-0.39, 0.29) is 23.6 Å². The lowest BCUT2D eigenvalue weighted by Gasteiger charge is -2.14. The van der Waals surface area contributed by atoms with Crippen LogP contribution < -0.4 is 15.2 Å². The predicted octanol–water partition coefficient (Wildman–Crippen LogP) is 3.89. The normalized spacial score (nSPS) is 11.2. The first-order valence-electron chi connectivity index (χ1n) is 5.87. The summed E-state index contributed by atoms with van der Waals surface area (Å²) < 4.78 is 59.4. The zero-order chi connectivity index (χ0) is 15.5. The molecule has 0 radical (unpaired) electrons. The maximum atomic E-state index is 13.7. The maximum absolute atomic E-state index is 13.7. The van der Waals surface area contributed by atoms with Crippen LogP contribution in [0.4, 0.5) is 23.2 Å². The molecule has 0 atom stereocenters. The number of ether oxygens (including phenoxy) is 2. The summed E-state index contributed by atoms with van der Waals surface area (Å²) in [6, 6.07) is 9.58. The Balaban J connectivity index is 2.15. The molecule has 0 aromatic heterocycles. The second-order valence-electron chi connectivity index (χ2n) is 4.10. The van der Waals surface area contributed by atoms with Crippen LogP contribution in [0.3, 0.4) is 0 Å². The summed E-state index contributed by atoms with van der Waals surface area (Å²) in [7, 11) is 0. The second kappa shape index (κ2) is 5.90. The molecule has 2 rings (SSSR count). The van der Waals surface area contributed by atoms with Gasteiger partial charge >= 0.3 is 6.36 Å². The lowest BCUT2D eigenvalue weighted by Crippen LogP contribution is -2.17. The molecule has 112 valence electrons. The van der Waals surface area contributed by atoms with Gasteiger partial charge in [-0.2, -0.15) is 0 Å². The fourth-order valence-electron chi connectivity index (χ4n) is 1.65. The molecule has 0 spiro atoms. The van der Waals surface area contributed by atoms with Crippen LogP contribution in [0.25, 0.3) is 0 Å². The third-order valence-corrected chi connectivity index (χ3v) is 2.57. The third kappa shape index (κ3) is 4.01. The van der Waals surface area contributed by atoms with Crippen molar-refractivity contribution in [2.45, 2.75) is 13.0 Å². The second-order valence-corrected chi connectivity index (χ2v) is 4.10. The van der Waals surface area contributed by atoms with E-state index in [2.05, 4.69) is 4.74 Å². The van der Waals surface area contributed by atoms with Crippen LogP contribution in [0.15, 0.2) is 42.5 Å². The van der Waals surface area contributed by atoms with Crippen LogP contribution >= 0.6 is 0 Å². The van der Waals surface area contributed by atoms with Gasteiger partial charge in [-0.1, -0.05) is 24.3 Å². The van der Waals surface area contributed by atoms with E-state index in [0.29, 0.717) is 0 Å². The van der Waals surface area contributed by atoms with Crippen molar-refractivity contribution in [3.63, 3.8) is 0 Å². The minimum absolute atomic E-state index is 0.0593. The molecule has 0 aliphatic carbocycles. The number of hydrogen-bond donors (Lipinski definition) is 1. The smallest absolute Gasteiger partial charge is 0.485 e. The Labute approximate surface area is 117 Å². The van der Waals surface area contributed by atoms with E-state index in [4.69, 9.17) is 10.5 Å². The van der Waals surface area contributed by atoms with Gasteiger partial charge in [0.25, 0.3) is 0 Å². The standard InChI is InChI=1S/C14H11F4NO2/c15-13-9(4-3-5-10(13)19)8-20-11-6-1-2-7-12(11)21-14(16,17)18/h1-7H,8,19H2. The summed E-state index contributed by atoms with van der Waals surface area (Å²) in [5.41, 5.74) is 5.48. The summed E-state index contributed by atoms with van der Waals surface area (Å²) in [5, 5.41) is 0. The van der Waals surface area contributed by atoms with Crippen LogP contribution in [0.2, 0.25) is 0 Å². The van der Waals surface area contributed by atoms with E-state index < -0.39 is 17.9 Å². The molecule has 2 aromatic carbocycles. The van der Waals surface area contributed by atoms with E-state index in [1.54, 1.807) is 0 Å². The summed E-state index contributed by atoms with van der Waals surface area (Å²) in [6.07, 6.45) is -4.83. The first-order chi connectivity index (χ1) is 9.87. The highest BCUT2D eigenvalue weighted by Gasteiger charge is 2.32. The lowest BCUT2D eigenvalue weighted by molar-refractivity contribution is -0.275. The van der Waals surface area contributed by atoms with Crippen molar-refractivity contribution in [3.05, 3.63) is 53.8 Å². The molecule has 0 aliphatic heterocycles. The molecular weight excluding hydrogens is 290 g/mol. The molecule has 0 bridgehead atoms. The molecule has 0 amide bonds. The summed E-state index contributed by atoms with van der Waals surface area (Å²) in [6.45, 7) is -0.269. The molecule has 0 unspecified atom stereocenters. The number of anilines is 1. The predicted molar refractivity (Wildman–Crippen MR) is 68.3 cm³/mol. The molecule has 7 heteroatoms. The van der Waals surface area contributed by atoms with Crippen LogP contribution in [0.1, 0.15) is 5.56 Å². The highest BCUT2D eigenvalue weighted by Crippen LogP contribution is 2.32. The number of para-hydroxylation sites is 2. The number of hydrogen-bond acceptors (Lipinski definition) is 3. The topological polar surface area (TPSA) is 44.5 Å². The highest BCUT2D eigenvalue weighted by molar-refractivity contribution is 5.43. The van der Waals surface area contributed by atoms with Gasteiger partial charge in [-0.25, -0.2) is 4.39 Å². The van der Waals surface area contributed by atoms with Gasteiger partial charge in [0.2, 0.25) is 0 Å². The quantitative estimate of drug-likeness (QED) is 0.688. The number of halogens is 4. The van der Waals surface area contributed by atoms with Crippen molar-refractivity contribution in [2.75, 3.05) is 5.73 Å². The van der Waals surface area contributed by atoms with Gasteiger partial charge in [-0.05, 0) is 18.2 Å². The molecule has 2 aromatic rings. The molecular formula is C14H11F4NO2. The van der Waals surface area contributed by atoms with E-state index in [1.807, 2.05) is 0 Å². The Bertz CT molecular complexity index is 629.